The van der Waals surface area contributed by atoms with Gasteiger partial charge in [-0.15, -0.1) is 0 Å². The number of methoxy groups -OCH3 is 1. The van der Waals surface area contributed by atoms with Crippen LogP contribution in [0.4, 0.5) is 0 Å². The Kier molecular flexibility index (Phi) is 4.58. The first kappa shape index (κ1) is 13.6. The van der Waals surface area contributed by atoms with Crippen molar-refractivity contribution < 1.29 is 14.2 Å². The van der Waals surface area contributed by atoms with Crippen molar-refractivity contribution in [2.45, 2.75) is 20.5 Å². The molecule has 1 aromatic carbocycles. The fourth-order valence-corrected chi connectivity index (χ4v) is 1.91. The van der Waals surface area contributed by atoms with Crippen molar-refractivity contribution in [1.82, 2.24) is 4.98 Å². The molecule has 0 aliphatic carbocycles. The van der Waals surface area contributed by atoms with Gasteiger partial charge in [-0.05, 0) is 32.0 Å². The van der Waals surface area contributed by atoms with E-state index in [4.69, 9.17) is 14.2 Å². The van der Waals surface area contributed by atoms with Gasteiger partial charge in [0.2, 0.25) is 0 Å². The molecule has 0 radical (unpaired) electrons. The largest absolute Gasteiger partial charge is 0.497 e. The number of aromatic nitrogens is 1. The lowest BCUT2D eigenvalue weighted by molar-refractivity contribution is 0.131. The number of hydrogen-bond donors (Lipinski definition) is 0. The van der Waals surface area contributed by atoms with Crippen LogP contribution in [-0.2, 0) is 11.3 Å². The number of fused-ring (bicyclic) bond motifs is 1. The zero-order valence-corrected chi connectivity index (χ0v) is 11.6. The second-order valence-electron chi connectivity index (χ2n) is 4.06. The lowest BCUT2D eigenvalue weighted by Gasteiger charge is -2.11. The van der Waals surface area contributed by atoms with Crippen LogP contribution < -0.4 is 9.47 Å². The minimum Gasteiger partial charge on any atom is -0.497 e. The van der Waals surface area contributed by atoms with Crippen LogP contribution in [0.25, 0.3) is 10.9 Å². The van der Waals surface area contributed by atoms with Crippen LogP contribution in [0.1, 0.15) is 19.5 Å². The van der Waals surface area contributed by atoms with Crippen LogP contribution in [0.2, 0.25) is 0 Å². The van der Waals surface area contributed by atoms with E-state index in [0.717, 1.165) is 28.1 Å². The quantitative estimate of drug-likeness (QED) is 0.800. The van der Waals surface area contributed by atoms with Crippen LogP contribution >= 0.6 is 0 Å². The van der Waals surface area contributed by atoms with E-state index in [1.807, 2.05) is 38.1 Å². The molecule has 4 heteroatoms. The molecule has 0 N–H and O–H groups in total. The van der Waals surface area contributed by atoms with Crippen LogP contribution in [-0.4, -0.2) is 25.3 Å². The van der Waals surface area contributed by atoms with Crippen LogP contribution in [0, 0.1) is 0 Å². The van der Waals surface area contributed by atoms with Crippen molar-refractivity contribution in [2.75, 3.05) is 20.3 Å². The van der Waals surface area contributed by atoms with Gasteiger partial charge in [-0.2, -0.15) is 0 Å². The molecule has 0 bridgehead atoms. The van der Waals surface area contributed by atoms with Crippen LogP contribution in [0.3, 0.4) is 0 Å². The summed E-state index contributed by atoms with van der Waals surface area (Å²) in [6, 6.07) is 7.71. The molecule has 4 nitrogen and oxygen atoms in total. The van der Waals surface area contributed by atoms with Crippen molar-refractivity contribution in [2.24, 2.45) is 0 Å². The summed E-state index contributed by atoms with van der Waals surface area (Å²) in [6.07, 6.45) is 0. The van der Waals surface area contributed by atoms with E-state index in [9.17, 15) is 0 Å². The second-order valence-corrected chi connectivity index (χ2v) is 4.06. The average Bonchev–Trinajstić information content (AvgIpc) is 2.45. The molecule has 1 aromatic heterocycles. The zero-order valence-electron chi connectivity index (χ0n) is 11.6. The summed E-state index contributed by atoms with van der Waals surface area (Å²) in [7, 11) is 1.65. The number of rotatable bonds is 6. The molecular formula is C15H19NO3. The highest BCUT2D eigenvalue weighted by molar-refractivity contribution is 5.86. The van der Waals surface area contributed by atoms with Gasteiger partial charge in [0.25, 0.3) is 0 Å². The van der Waals surface area contributed by atoms with Crippen molar-refractivity contribution in [3.63, 3.8) is 0 Å². The normalized spacial score (nSPS) is 10.7. The average molecular weight is 261 g/mol. The molecule has 2 rings (SSSR count). The van der Waals surface area contributed by atoms with E-state index in [-0.39, 0.29) is 0 Å². The fraction of sp³-hybridized carbons (Fsp3) is 0.400. The second kappa shape index (κ2) is 6.38. The molecule has 2 aromatic rings. The van der Waals surface area contributed by atoms with E-state index in [2.05, 4.69) is 4.98 Å². The van der Waals surface area contributed by atoms with Crippen molar-refractivity contribution in [3.8, 4) is 11.5 Å². The van der Waals surface area contributed by atoms with Crippen LogP contribution in [0.15, 0.2) is 24.3 Å². The summed E-state index contributed by atoms with van der Waals surface area (Å²) in [4.78, 5) is 4.57. The Morgan fingerprint density at radius 3 is 2.63 bits per heavy atom. The van der Waals surface area contributed by atoms with Crippen molar-refractivity contribution in [3.05, 3.63) is 30.0 Å². The lowest BCUT2D eigenvalue weighted by Crippen LogP contribution is -2.00. The molecule has 0 spiro atoms. The topological polar surface area (TPSA) is 40.6 Å². The predicted octanol–water partition coefficient (Wildman–Crippen LogP) is 3.18. The fourth-order valence-electron chi connectivity index (χ4n) is 1.91. The van der Waals surface area contributed by atoms with E-state index < -0.39 is 0 Å². The van der Waals surface area contributed by atoms with Crippen molar-refractivity contribution >= 4 is 10.9 Å². The van der Waals surface area contributed by atoms with E-state index in [0.29, 0.717) is 19.8 Å². The van der Waals surface area contributed by atoms with Gasteiger partial charge in [0.15, 0.2) is 0 Å². The predicted molar refractivity (Wildman–Crippen MR) is 74.8 cm³/mol. The molecule has 0 saturated heterocycles. The third-order valence-electron chi connectivity index (χ3n) is 2.78. The number of hydrogen-bond acceptors (Lipinski definition) is 4. The third-order valence-corrected chi connectivity index (χ3v) is 2.78. The monoisotopic (exact) mass is 261 g/mol. The summed E-state index contributed by atoms with van der Waals surface area (Å²) in [6.45, 7) is 5.72. The number of pyridine rings is 1. The number of nitrogens with zero attached hydrogens (tertiary/aromatic N) is 1. The molecule has 0 saturated carbocycles. The highest BCUT2D eigenvalue weighted by atomic mass is 16.5. The van der Waals surface area contributed by atoms with Gasteiger partial charge in [-0.1, -0.05) is 0 Å². The molecule has 19 heavy (non-hydrogen) atoms. The van der Waals surface area contributed by atoms with Gasteiger partial charge in [0.1, 0.15) is 11.5 Å². The van der Waals surface area contributed by atoms with Crippen molar-refractivity contribution in [1.29, 1.82) is 0 Å². The molecule has 0 aliphatic rings. The maximum Gasteiger partial charge on any atom is 0.130 e. The first-order valence-electron chi connectivity index (χ1n) is 6.46. The summed E-state index contributed by atoms with van der Waals surface area (Å²) in [5.41, 5.74) is 1.77. The van der Waals surface area contributed by atoms with Gasteiger partial charge in [-0.3, -0.25) is 4.98 Å². The molecular weight excluding hydrogens is 242 g/mol. The minimum absolute atomic E-state index is 0.499. The highest BCUT2D eigenvalue weighted by Crippen LogP contribution is 2.29. The Hall–Kier alpha value is -1.81. The summed E-state index contributed by atoms with van der Waals surface area (Å²) >= 11 is 0. The van der Waals surface area contributed by atoms with Gasteiger partial charge < -0.3 is 14.2 Å². The van der Waals surface area contributed by atoms with E-state index in [1.165, 1.54) is 0 Å². The Morgan fingerprint density at radius 2 is 1.95 bits per heavy atom. The Labute approximate surface area is 113 Å². The molecule has 0 aliphatic heterocycles. The van der Waals surface area contributed by atoms with Gasteiger partial charge in [-0.25, -0.2) is 0 Å². The van der Waals surface area contributed by atoms with E-state index >= 15 is 0 Å². The van der Waals surface area contributed by atoms with Crippen LogP contribution in [0.5, 0.6) is 11.5 Å². The Balaban J connectivity index is 2.48. The Bertz CT molecular complexity index is 554. The molecule has 0 fully saturated rings. The molecule has 0 unspecified atom stereocenters. The maximum atomic E-state index is 5.69. The minimum atomic E-state index is 0.499. The number of ether oxygens (including phenoxy) is 3. The van der Waals surface area contributed by atoms with Gasteiger partial charge in [0, 0.05) is 18.1 Å². The number of benzene rings is 1. The highest BCUT2D eigenvalue weighted by Gasteiger charge is 2.08. The zero-order chi connectivity index (χ0) is 13.7. The third kappa shape index (κ3) is 3.15. The standard InChI is InChI=1S/C15H19NO3/c1-4-18-10-11-8-15(19-5-2)13-9-12(17-3)6-7-14(13)16-11/h6-9H,4-5,10H2,1-3H3. The molecule has 102 valence electrons. The SMILES string of the molecule is CCOCc1cc(OCC)c2cc(OC)ccc2n1. The molecule has 0 atom stereocenters. The lowest BCUT2D eigenvalue weighted by atomic mass is 10.1. The first-order valence-corrected chi connectivity index (χ1v) is 6.46. The summed E-state index contributed by atoms with van der Waals surface area (Å²) in [5.74, 6) is 1.62. The first-order chi connectivity index (χ1) is 9.28. The smallest absolute Gasteiger partial charge is 0.130 e. The molecule has 0 amide bonds. The van der Waals surface area contributed by atoms with Gasteiger partial charge >= 0.3 is 0 Å². The Morgan fingerprint density at radius 1 is 1.11 bits per heavy atom. The molecule has 1 heterocycles. The maximum absolute atomic E-state index is 5.69. The summed E-state index contributed by atoms with van der Waals surface area (Å²) < 4.78 is 16.3. The summed E-state index contributed by atoms with van der Waals surface area (Å²) in [5, 5.41) is 0.960. The van der Waals surface area contributed by atoms with Gasteiger partial charge in [0.05, 0.1) is 31.5 Å². The van der Waals surface area contributed by atoms with E-state index in [1.54, 1.807) is 7.11 Å².